The smallest absolute Gasteiger partial charge is 0.191 e. The summed E-state index contributed by atoms with van der Waals surface area (Å²) < 4.78 is 2.03. The van der Waals surface area contributed by atoms with Gasteiger partial charge in [0.1, 0.15) is 0 Å². The Kier molecular flexibility index (Phi) is 2.07. The summed E-state index contributed by atoms with van der Waals surface area (Å²) in [6.07, 6.45) is 7.14. The van der Waals surface area contributed by atoms with Crippen LogP contribution in [-0.2, 0) is 6.54 Å². The van der Waals surface area contributed by atoms with Crippen molar-refractivity contribution >= 4 is 0 Å². The molecule has 0 bridgehead atoms. The molecule has 0 aliphatic heterocycles. The summed E-state index contributed by atoms with van der Waals surface area (Å²) in [5, 5.41) is 0. The fourth-order valence-electron chi connectivity index (χ4n) is 0.837. The van der Waals surface area contributed by atoms with Crippen molar-refractivity contribution in [3.8, 4) is 12.3 Å². The Bertz CT molecular complexity index is 258. The highest BCUT2D eigenvalue weighted by Crippen LogP contribution is 1.85. The maximum absolute atomic E-state index is 5.16. The van der Waals surface area contributed by atoms with Gasteiger partial charge >= 0.3 is 0 Å². The SMILES string of the molecule is C#CC[n+]1ccccc1C. The largest absolute Gasteiger partial charge is 0.209 e. The third-order valence-corrected chi connectivity index (χ3v) is 1.43. The predicted molar refractivity (Wildman–Crippen MR) is 40.2 cm³/mol. The normalized spacial score (nSPS) is 8.80. The van der Waals surface area contributed by atoms with Crippen molar-refractivity contribution in [1.82, 2.24) is 0 Å². The van der Waals surface area contributed by atoms with E-state index in [0.29, 0.717) is 6.54 Å². The molecule has 0 amide bonds. The molecule has 0 aliphatic rings. The van der Waals surface area contributed by atoms with Crippen LogP contribution in [0.4, 0.5) is 0 Å². The fraction of sp³-hybridized carbons (Fsp3) is 0.222. The van der Waals surface area contributed by atoms with Crippen LogP contribution in [0, 0.1) is 19.3 Å². The molecule has 0 saturated heterocycles. The fourth-order valence-corrected chi connectivity index (χ4v) is 0.837. The minimum atomic E-state index is 0.659. The van der Waals surface area contributed by atoms with Crippen LogP contribution in [0.25, 0.3) is 0 Å². The maximum atomic E-state index is 5.16. The summed E-state index contributed by atoms with van der Waals surface area (Å²) in [5.41, 5.74) is 1.19. The van der Waals surface area contributed by atoms with Crippen molar-refractivity contribution in [1.29, 1.82) is 0 Å². The first-order valence-electron chi connectivity index (χ1n) is 3.23. The summed E-state index contributed by atoms with van der Waals surface area (Å²) in [4.78, 5) is 0. The molecule has 1 aromatic heterocycles. The van der Waals surface area contributed by atoms with E-state index in [1.54, 1.807) is 0 Å². The Morgan fingerprint density at radius 2 is 2.40 bits per heavy atom. The molecule has 0 fully saturated rings. The van der Waals surface area contributed by atoms with Gasteiger partial charge in [-0.1, -0.05) is 6.07 Å². The van der Waals surface area contributed by atoms with E-state index in [4.69, 9.17) is 6.42 Å². The number of nitrogens with zero attached hydrogens (tertiary/aromatic N) is 1. The molecule has 0 aromatic carbocycles. The topological polar surface area (TPSA) is 3.88 Å². The number of pyridine rings is 1. The van der Waals surface area contributed by atoms with E-state index in [0.717, 1.165) is 0 Å². The van der Waals surface area contributed by atoms with Crippen molar-refractivity contribution in [2.24, 2.45) is 0 Å². The molecule has 0 unspecified atom stereocenters. The highest BCUT2D eigenvalue weighted by atomic mass is 14.9. The van der Waals surface area contributed by atoms with E-state index in [1.807, 2.05) is 35.9 Å². The van der Waals surface area contributed by atoms with Gasteiger partial charge in [0, 0.05) is 19.1 Å². The molecular formula is C9H10N+. The van der Waals surface area contributed by atoms with Gasteiger partial charge in [0.2, 0.25) is 6.54 Å². The van der Waals surface area contributed by atoms with Gasteiger partial charge < -0.3 is 0 Å². The van der Waals surface area contributed by atoms with E-state index >= 15 is 0 Å². The van der Waals surface area contributed by atoms with Gasteiger partial charge in [0.15, 0.2) is 11.9 Å². The first kappa shape index (κ1) is 6.82. The lowest BCUT2D eigenvalue weighted by atomic mass is 10.3. The number of hydrogen-bond acceptors (Lipinski definition) is 0. The van der Waals surface area contributed by atoms with E-state index in [-0.39, 0.29) is 0 Å². The second-order valence-corrected chi connectivity index (χ2v) is 2.17. The molecule has 0 N–H and O–H groups in total. The summed E-state index contributed by atoms with van der Waals surface area (Å²) in [7, 11) is 0. The molecule has 1 heterocycles. The second kappa shape index (κ2) is 3.03. The second-order valence-electron chi connectivity index (χ2n) is 2.17. The van der Waals surface area contributed by atoms with Crippen LogP contribution in [0.1, 0.15) is 5.69 Å². The minimum Gasteiger partial charge on any atom is -0.191 e. The zero-order valence-electron chi connectivity index (χ0n) is 6.04. The lowest BCUT2D eigenvalue weighted by molar-refractivity contribution is -0.690. The Balaban J connectivity index is 2.94. The van der Waals surface area contributed by atoms with Gasteiger partial charge in [-0.25, -0.2) is 0 Å². The Labute approximate surface area is 61.3 Å². The van der Waals surface area contributed by atoms with Gasteiger partial charge in [-0.3, -0.25) is 0 Å². The van der Waals surface area contributed by atoms with Crippen molar-refractivity contribution in [2.75, 3.05) is 0 Å². The molecule has 10 heavy (non-hydrogen) atoms. The monoisotopic (exact) mass is 132 g/mol. The molecular weight excluding hydrogens is 122 g/mol. The average molecular weight is 132 g/mol. The number of terminal acetylenes is 1. The van der Waals surface area contributed by atoms with E-state index in [1.165, 1.54) is 5.69 Å². The van der Waals surface area contributed by atoms with Crippen molar-refractivity contribution in [3.63, 3.8) is 0 Å². The van der Waals surface area contributed by atoms with Crippen LogP contribution < -0.4 is 4.57 Å². The summed E-state index contributed by atoms with van der Waals surface area (Å²) in [6.45, 7) is 2.70. The van der Waals surface area contributed by atoms with Crippen LogP contribution in [0.2, 0.25) is 0 Å². The highest BCUT2D eigenvalue weighted by molar-refractivity contribution is 4.94. The van der Waals surface area contributed by atoms with Crippen LogP contribution in [0.15, 0.2) is 24.4 Å². The molecule has 1 nitrogen and oxygen atoms in total. The molecule has 1 heteroatoms. The van der Waals surface area contributed by atoms with Gasteiger partial charge in [-0.05, 0) is 5.92 Å². The third kappa shape index (κ3) is 1.35. The molecule has 0 atom stereocenters. The number of aromatic nitrogens is 1. The predicted octanol–water partition coefficient (Wildman–Crippen LogP) is 0.916. The zero-order valence-corrected chi connectivity index (χ0v) is 6.04. The summed E-state index contributed by atoms with van der Waals surface area (Å²) in [5.74, 6) is 2.59. The Hall–Kier alpha value is -1.29. The van der Waals surface area contributed by atoms with Gasteiger partial charge in [0.05, 0.1) is 0 Å². The Morgan fingerprint density at radius 3 is 3.00 bits per heavy atom. The lowest BCUT2D eigenvalue weighted by Gasteiger charge is -1.92. The van der Waals surface area contributed by atoms with Crippen LogP contribution in [0.3, 0.4) is 0 Å². The van der Waals surface area contributed by atoms with Crippen LogP contribution in [-0.4, -0.2) is 0 Å². The van der Waals surface area contributed by atoms with Crippen molar-refractivity contribution in [3.05, 3.63) is 30.1 Å². The number of hydrogen-bond donors (Lipinski definition) is 0. The molecule has 0 aliphatic carbocycles. The maximum Gasteiger partial charge on any atom is 0.209 e. The van der Waals surface area contributed by atoms with E-state index in [2.05, 4.69) is 5.92 Å². The lowest BCUT2D eigenvalue weighted by Crippen LogP contribution is -2.35. The molecule has 0 spiro atoms. The molecule has 50 valence electrons. The van der Waals surface area contributed by atoms with Crippen LogP contribution >= 0.6 is 0 Å². The number of rotatable bonds is 1. The average Bonchev–Trinajstić information content (AvgIpc) is 1.94. The molecule has 0 saturated carbocycles. The van der Waals surface area contributed by atoms with Gasteiger partial charge in [-0.15, -0.1) is 6.42 Å². The van der Waals surface area contributed by atoms with Gasteiger partial charge in [-0.2, -0.15) is 4.57 Å². The van der Waals surface area contributed by atoms with E-state index in [9.17, 15) is 0 Å². The molecule has 1 aromatic rings. The zero-order chi connectivity index (χ0) is 7.40. The molecule has 1 rings (SSSR count). The summed E-state index contributed by atoms with van der Waals surface area (Å²) in [6, 6.07) is 6.02. The first-order chi connectivity index (χ1) is 4.84. The van der Waals surface area contributed by atoms with E-state index < -0.39 is 0 Å². The highest BCUT2D eigenvalue weighted by Gasteiger charge is 1.98. The molecule has 0 radical (unpaired) electrons. The third-order valence-electron chi connectivity index (χ3n) is 1.43. The van der Waals surface area contributed by atoms with Crippen LogP contribution in [0.5, 0.6) is 0 Å². The quantitative estimate of drug-likeness (QED) is 0.395. The first-order valence-corrected chi connectivity index (χ1v) is 3.23. The standard InChI is InChI=1S/C9H10N/c1-3-7-10-8-5-4-6-9(10)2/h1,4-6,8H,7H2,2H3/q+1. The minimum absolute atomic E-state index is 0.659. The van der Waals surface area contributed by atoms with Crippen molar-refractivity contribution in [2.45, 2.75) is 13.5 Å². The summed E-state index contributed by atoms with van der Waals surface area (Å²) >= 11 is 0. The van der Waals surface area contributed by atoms with Gasteiger partial charge in [0.25, 0.3) is 0 Å². The Morgan fingerprint density at radius 1 is 1.60 bits per heavy atom. The van der Waals surface area contributed by atoms with Crippen molar-refractivity contribution < 1.29 is 4.57 Å². The number of aryl methyl sites for hydroxylation is 1.